The number of furan rings is 1. The Balaban J connectivity index is 1.63. The van der Waals surface area contributed by atoms with Crippen molar-refractivity contribution < 1.29 is 9.21 Å². The maximum Gasteiger partial charge on any atom is 0.257 e. The minimum atomic E-state index is -0.189. The van der Waals surface area contributed by atoms with Crippen molar-refractivity contribution in [2.24, 2.45) is 0 Å². The Labute approximate surface area is 148 Å². The number of hydrogen-bond acceptors (Lipinski definition) is 4. The fourth-order valence-electron chi connectivity index (χ4n) is 2.19. The fourth-order valence-corrected chi connectivity index (χ4v) is 2.66. The van der Waals surface area contributed by atoms with E-state index < -0.39 is 0 Å². The number of anilines is 2. The number of halogens is 1. The van der Waals surface area contributed by atoms with Crippen LogP contribution in [0.2, 0.25) is 0 Å². The average molecular weight is 386 g/mol. The third kappa shape index (κ3) is 4.02. The van der Waals surface area contributed by atoms with Gasteiger partial charge in [-0.3, -0.25) is 4.79 Å². The van der Waals surface area contributed by atoms with Crippen molar-refractivity contribution in [3.8, 4) is 0 Å². The monoisotopic (exact) mass is 385 g/mol. The SMILES string of the molecule is Cc1cc(Br)ccc1NC(=O)c1ccc(NCc2ccco2)nc1. The first-order valence-corrected chi connectivity index (χ1v) is 8.21. The predicted molar refractivity (Wildman–Crippen MR) is 97.1 cm³/mol. The van der Waals surface area contributed by atoms with E-state index in [1.54, 1.807) is 24.6 Å². The molecule has 0 unspecified atom stereocenters. The van der Waals surface area contributed by atoms with Crippen molar-refractivity contribution in [2.45, 2.75) is 13.5 Å². The molecule has 3 aromatic rings. The number of hydrogen-bond donors (Lipinski definition) is 2. The summed E-state index contributed by atoms with van der Waals surface area (Å²) in [7, 11) is 0. The van der Waals surface area contributed by atoms with E-state index in [-0.39, 0.29) is 5.91 Å². The molecular formula is C18H16BrN3O2. The number of aromatic nitrogens is 1. The molecule has 0 saturated heterocycles. The lowest BCUT2D eigenvalue weighted by Crippen LogP contribution is -2.13. The molecule has 2 aromatic heterocycles. The highest BCUT2D eigenvalue weighted by Crippen LogP contribution is 2.20. The van der Waals surface area contributed by atoms with E-state index >= 15 is 0 Å². The lowest BCUT2D eigenvalue weighted by molar-refractivity contribution is 0.102. The zero-order valence-corrected chi connectivity index (χ0v) is 14.6. The molecule has 5 nitrogen and oxygen atoms in total. The van der Waals surface area contributed by atoms with Crippen LogP contribution in [-0.4, -0.2) is 10.9 Å². The number of carbonyl (C=O) groups excluding carboxylic acids is 1. The summed E-state index contributed by atoms with van der Waals surface area (Å²) >= 11 is 3.41. The molecule has 0 radical (unpaired) electrons. The summed E-state index contributed by atoms with van der Waals surface area (Å²) in [6.07, 6.45) is 3.18. The Morgan fingerprint density at radius 2 is 2.12 bits per heavy atom. The largest absolute Gasteiger partial charge is 0.467 e. The van der Waals surface area contributed by atoms with Gasteiger partial charge in [-0.15, -0.1) is 0 Å². The van der Waals surface area contributed by atoms with E-state index in [4.69, 9.17) is 4.42 Å². The first-order chi connectivity index (χ1) is 11.6. The van der Waals surface area contributed by atoms with E-state index in [2.05, 4.69) is 31.5 Å². The molecule has 1 amide bonds. The summed E-state index contributed by atoms with van der Waals surface area (Å²) in [4.78, 5) is 16.6. The van der Waals surface area contributed by atoms with Gasteiger partial charge >= 0.3 is 0 Å². The van der Waals surface area contributed by atoms with Crippen molar-refractivity contribution in [1.82, 2.24) is 4.98 Å². The van der Waals surface area contributed by atoms with E-state index in [0.717, 1.165) is 21.5 Å². The number of rotatable bonds is 5. The van der Waals surface area contributed by atoms with Gasteiger partial charge in [-0.2, -0.15) is 0 Å². The van der Waals surface area contributed by atoms with Gasteiger partial charge in [0.1, 0.15) is 11.6 Å². The highest BCUT2D eigenvalue weighted by molar-refractivity contribution is 9.10. The standard InChI is InChI=1S/C18H16BrN3O2/c1-12-9-14(19)5-6-16(12)22-18(23)13-4-7-17(20-10-13)21-11-15-3-2-8-24-15/h2-10H,11H2,1H3,(H,20,21)(H,22,23). The molecule has 0 aliphatic rings. The first kappa shape index (κ1) is 16.3. The van der Waals surface area contributed by atoms with Crippen LogP contribution in [0, 0.1) is 6.92 Å². The van der Waals surface area contributed by atoms with Gasteiger partial charge in [-0.1, -0.05) is 15.9 Å². The third-order valence-corrected chi connectivity index (χ3v) is 3.98. The molecule has 1 aromatic carbocycles. The zero-order chi connectivity index (χ0) is 16.9. The summed E-state index contributed by atoms with van der Waals surface area (Å²) in [5.74, 6) is 1.32. The highest BCUT2D eigenvalue weighted by Gasteiger charge is 2.09. The molecular weight excluding hydrogens is 370 g/mol. The predicted octanol–water partition coefficient (Wildman–Crippen LogP) is 4.61. The average Bonchev–Trinajstić information content (AvgIpc) is 3.09. The molecule has 0 fully saturated rings. The van der Waals surface area contributed by atoms with Crippen LogP contribution in [0.5, 0.6) is 0 Å². The molecule has 0 atom stereocenters. The summed E-state index contributed by atoms with van der Waals surface area (Å²) in [5, 5.41) is 6.03. The number of pyridine rings is 1. The second-order valence-corrected chi connectivity index (χ2v) is 6.19. The van der Waals surface area contributed by atoms with Gasteiger partial charge in [-0.25, -0.2) is 4.98 Å². The molecule has 2 heterocycles. The Hall–Kier alpha value is -2.60. The molecule has 6 heteroatoms. The van der Waals surface area contributed by atoms with Gasteiger partial charge in [0, 0.05) is 16.4 Å². The first-order valence-electron chi connectivity index (χ1n) is 7.41. The van der Waals surface area contributed by atoms with Gasteiger partial charge in [0.25, 0.3) is 5.91 Å². The number of amides is 1. The molecule has 0 aliphatic heterocycles. The van der Waals surface area contributed by atoms with Crippen molar-refractivity contribution in [1.29, 1.82) is 0 Å². The van der Waals surface area contributed by atoms with Crippen LogP contribution in [0.3, 0.4) is 0 Å². The van der Waals surface area contributed by atoms with Crippen molar-refractivity contribution >= 4 is 33.3 Å². The zero-order valence-electron chi connectivity index (χ0n) is 13.0. The van der Waals surface area contributed by atoms with E-state index in [9.17, 15) is 4.79 Å². The fraction of sp³-hybridized carbons (Fsp3) is 0.111. The molecule has 0 spiro atoms. The second-order valence-electron chi connectivity index (χ2n) is 5.28. The number of nitrogens with zero attached hydrogens (tertiary/aromatic N) is 1. The smallest absolute Gasteiger partial charge is 0.257 e. The molecule has 0 bridgehead atoms. The molecule has 122 valence electrons. The molecule has 24 heavy (non-hydrogen) atoms. The minimum Gasteiger partial charge on any atom is -0.467 e. The maximum absolute atomic E-state index is 12.3. The summed E-state index contributed by atoms with van der Waals surface area (Å²) in [5.41, 5.74) is 2.27. The number of nitrogens with one attached hydrogen (secondary N) is 2. The van der Waals surface area contributed by atoms with Gasteiger partial charge in [-0.05, 0) is 55.0 Å². The van der Waals surface area contributed by atoms with E-state index in [1.807, 2.05) is 37.3 Å². The van der Waals surface area contributed by atoms with Crippen LogP contribution in [-0.2, 0) is 6.54 Å². The van der Waals surface area contributed by atoms with Crippen LogP contribution in [0.4, 0.5) is 11.5 Å². The lowest BCUT2D eigenvalue weighted by atomic mass is 10.2. The topological polar surface area (TPSA) is 67.2 Å². The third-order valence-electron chi connectivity index (χ3n) is 3.49. The van der Waals surface area contributed by atoms with Gasteiger partial charge < -0.3 is 15.1 Å². The summed E-state index contributed by atoms with van der Waals surface area (Å²) < 4.78 is 6.22. The van der Waals surface area contributed by atoms with Crippen LogP contribution in [0.15, 0.2) is 63.8 Å². The highest BCUT2D eigenvalue weighted by atomic mass is 79.9. The van der Waals surface area contributed by atoms with Gasteiger partial charge in [0.15, 0.2) is 0 Å². The van der Waals surface area contributed by atoms with Gasteiger partial charge in [0.05, 0.1) is 18.4 Å². The molecule has 3 rings (SSSR count). The molecule has 0 saturated carbocycles. The Kier molecular flexibility index (Phi) is 4.96. The molecule has 2 N–H and O–H groups in total. The second kappa shape index (κ2) is 7.31. The van der Waals surface area contributed by atoms with Gasteiger partial charge in [0.2, 0.25) is 0 Å². The lowest BCUT2D eigenvalue weighted by Gasteiger charge is -2.09. The van der Waals surface area contributed by atoms with Crippen LogP contribution in [0.25, 0.3) is 0 Å². The maximum atomic E-state index is 12.3. The Morgan fingerprint density at radius 1 is 1.25 bits per heavy atom. The minimum absolute atomic E-state index is 0.189. The number of benzene rings is 1. The summed E-state index contributed by atoms with van der Waals surface area (Å²) in [6.45, 7) is 2.49. The van der Waals surface area contributed by atoms with Crippen molar-refractivity contribution in [2.75, 3.05) is 10.6 Å². The van der Waals surface area contributed by atoms with Crippen LogP contribution < -0.4 is 10.6 Å². The normalized spacial score (nSPS) is 10.4. The number of carbonyl (C=O) groups is 1. The Morgan fingerprint density at radius 3 is 2.79 bits per heavy atom. The van der Waals surface area contributed by atoms with Crippen molar-refractivity contribution in [3.05, 3.63) is 76.3 Å². The van der Waals surface area contributed by atoms with E-state index in [1.165, 1.54) is 0 Å². The van der Waals surface area contributed by atoms with E-state index in [0.29, 0.717) is 17.9 Å². The number of aryl methyl sites for hydroxylation is 1. The Bertz CT molecular complexity index is 830. The molecule has 0 aliphatic carbocycles. The quantitative estimate of drug-likeness (QED) is 0.672. The van der Waals surface area contributed by atoms with Crippen LogP contribution >= 0.6 is 15.9 Å². The van der Waals surface area contributed by atoms with Crippen molar-refractivity contribution in [3.63, 3.8) is 0 Å². The van der Waals surface area contributed by atoms with Crippen LogP contribution in [0.1, 0.15) is 21.7 Å². The summed E-state index contributed by atoms with van der Waals surface area (Å²) in [6, 6.07) is 12.9.